The highest BCUT2D eigenvalue weighted by atomic mass is 35.5. The van der Waals surface area contributed by atoms with Crippen LogP contribution in [0.5, 0.6) is 11.5 Å². The second kappa shape index (κ2) is 9.64. The highest BCUT2D eigenvalue weighted by molar-refractivity contribution is 6.32. The lowest BCUT2D eigenvalue weighted by atomic mass is 9.86. The van der Waals surface area contributed by atoms with Crippen LogP contribution in [0.1, 0.15) is 37.5 Å². The normalized spacial score (nSPS) is 12.0. The van der Waals surface area contributed by atoms with Crippen molar-refractivity contribution in [3.8, 4) is 11.5 Å². The Labute approximate surface area is 174 Å². The number of aromatic hydroxyl groups is 1. The van der Waals surface area contributed by atoms with Gasteiger partial charge in [0.1, 0.15) is 11.5 Å². The van der Waals surface area contributed by atoms with Crippen molar-refractivity contribution in [3.63, 3.8) is 0 Å². The molecule has 0 bridgehead atoms. The molecule has 2 aromatic carbocycles. The van der Waals surface area contributed by atoms with Crippen molar-refractivity contribution in [2.24, 2.45) is 0 Å². The van der Waals surface area contributed by atoms with Gasteiger partial charge < -0.3 is 14.7 Å². The van der Waals surface area contributed by atoms with Crippen molar-refractivity contribution in [2.75, 3.05) is 34.3 Å². The molecule has 4 nitrogen and oxygen atoms in total. The summed E-state index contributed by atoms with van der Waals surface area (Å²) < 4.78 is 5.52. The number of likely N-dealkylation sites (N-methyl/N-ethyl adjacent to an activating group) is 1. The zero-order valence-electron chi connectivity index (χ0n) is 17.9. The van der Waals surface area contributed by atoms with Gasteiger partial charge in [0, 0.05) is 37.3 Å². The van der Waals surface area contributed by atoms with Gasteiger partial charge in [-0.2, -0.15) is 0 Å². The standard InChI is InChI=1S/C23H33ClN2O2/c1-23(2,3)19-13-18(22(27)20(24)14-19)16-26(12-11-25(4)5)15-17-9-7-8-10-21(17)28-6/h7-10,13-14,27H,11-12,15-16H2,1-6H3. The van der Waals surface area contributed by atoms with Gasteiger partial charge in [0.05, 0.1) is 12.1 Å². The largest absolute Gasteiger partial charge is 0.506 e. The van der Waals surface area contributed by atoms with Crippen LogP contribution in [0.3, 0.4) is 0 Å². The van der Waals surface area contributed by atoms with Crippen LogP contribution in [0.15, 0.2) is 36.4 Å². The van der Waals surface area contributed by atoms with Gasteiger partial charge in [-0.15, -0.1) is 0 Å². The van der Waals surface area contributed by atoms with Crippen LogP contribution in [0.4, 0.5) is 0 Å². The van der Waals surface area contributed by atoms with E-state index in [9.17, 15) is 5.11 Å². The Morgan fingerprint density at radius 1 is 1.00 bits per heavy atom. The SMILES string of the molecule is COc1ccccc1CN(CCN(C)C)Cc1cc(C(C)(C)C)cc(Cl)c1O. The summed E-state index contributed by atoms with van der Waals surface area (Å²) in [6.45, 7) is 9.58. The molecule has 0 unspecified atom stereocenters. The Balaban J connectivity index is 2.33. The van der Waals surface area contributed by atoms with Crippen LogP contribution >= 0.6 is 11.6 Å². The first kappa shape index (κ1) is 22.5. The summed E-state index contributed by atoms with van der Waals surface area (Å²) in [7, 11) is 5.83. The van der Waals surface area contributed by atoms with Gasteiger partial charge in [0.2, 0.25) is 0 Å². The fraction of sp³-hybridized carbons (Fsp3) is 0.478. The predicted molar refractivity (Wildman–Crippen MR) is 117 cm³/mol. The number of nitrogens with zero attached hydrogens (tertiary/aromatic N) is 2. The number of ether oxygens (including phenoxy) is 1. The second-order valence-electron chi connectivity index (χ2n) is 8.54. The van der Waals surface area contributed by atoms with Crippen molar-refractivity contribution in [3.05, 3.63) is 58.1 Å². The smallest absolute Gasteiger partial charge is 0.138 e. The summed E-state index contributed by atoms with van der Waals surface area (Å²) in [6, 6.07) is 12.0. The quantitative estimate of drug-likeness (QED) is 0.677. The van der Waals surface area contributed by atoms with Crippen LogP contribution in [-0.4, -0.2) is 49.2 Å². The highest BCUT2D eigenvalue weighted by Gasteiger charge is 2.20. The Morgan fingerprint density at radius 3 is 2.25 bits per heavy atom. The monoisotopic (exact) mass is 404 g/mol. The second-order valence-corrected chi connectivity index (χ2v) is 8.95. The minimum absolute atomic E-state index is 0.0385. The molecule has 0 saturated carbocycles. The third-order valence-electron chi connectivity index (χ3n) is 4.85. The number of methoxy groups -OCH3 is 1. The van der Waals surface area contributed by atoms with E-state index in [1.807, 2.05) is 24.3 Å². The van der Waals surface area contributed by atoms with E-state index in [2.05, 4.69) is 56.8 Å². The maximum atomic E-state index is 10.6. The summed E-state index contributed by atoms with van der Waals surface area (Å²) in [6.07, 6.45) is 0. The molecule has 0 aliphatic heterocycles. The van der Waals surface area contributed by atoms with Gasteiger partial charge >= 0.3 is 0 Å². The number of hydrogen-bond acceptors (Lipinski definition) is 4. The summed E-state index contributed by atoms with van der Waals surface area (Å²) in [5, 5.41) is 11.0. The van der Waals surface area contributed by atoms with Gasteiger partial charge in [0.15, 0.2) is 0 Å². The van der Waals surface area contributed by atoms with Gasteiger partial charge in [-0.05, 0) is 37.2 Å². The molecule has 1 N–H and O–H groups in total. The van der Waals surface area contributed by atoms with Crippen molar-refractivity contribution in [2.45, 2.75) is 39.3 Å². The number of rotatable bonds is 8. The molecule has 0 spiro atoms. The van der Waals surface area contributed by atoms with E-state index < -0.39 is 0 Å². The molecule has 154 valence electrons. The third-order valence-corrected chi connectivity index (χ3v) is 5.14. The van der Waals surface area contributed by atoms with Crippen LogP contribution < -0.4 is 4.74 Å². The number of halogens is 1. The molecule has 0 atom stereocenters. The zero-order valence-corrected chi connectivity index (χ0v) is 18.7. The molecule has 0 aliphatic carbocycles. The van der Waals surface area contributed by atoms with Crippen molar-refractivity contribution >= 4 is 11.6 Å². The molecule has 0 saturated heterocycles. The molecule has 2 aromatic rings. The Morgan fingerprint density at radius 2 is 1.64 bits per heavy atom. The average Bonchev–Trinajstić information content (AvgIpc) is 2.62. The Kier molecular flexibility index (Phi) is 7.76. The summed E-state index contributed by atoms with van der Waals surface area (Å²) in [4.78, 5) is 4.48. The van der Waals surface area contributed by atoms with Crippen LogP contribution in [-0.2, 0) is 18.5 Å². The molecule has 0 radical (unpaired) electrons. The molecular weight excluding hydrogens is 372 g/mol. The minimum atomic E-state index is -0.0385. The average molecular weight is 405 g/mol. The van der Waals surface area contributed by atoms with E-state index in [1.165, 1.54) is 0 Å². The number of benzene rings is 2. The topological polar surface area (TPSA) is 35.9 Å². The molecule has 0 aromatic heterocycles. The molecule has 0 amide bonds. The first-order valence-corrected chi connectivity index (χ1v) is 10.0. The van der Waals surface area contributed by atoms with Gasteiger partial charge in [-0.25, -0.2) is 0 Å². The third kappa shape index (κ3) is 6.13. The van der Waals surface area contributed by atoms with Gasteiger partial charge in [-0.1, -0.05) is 56.6 Å². The summed E-state index contributed by atoms with van der Waals surface area (Å²) in [5.74, 6) is 1.05. The maximum Gasteiger partial charge on any atom is 0.138 e. The van der Waals surface area contributed by atoms with Crippen LogP contribution in [0.2, 0.25) is 5.02 Å². The van der Waals surface area contributed by atoms with Gasteiger partial charge in [-0.3, -0.25) is 4.90 Å². The minimum Gasteiger partial charge on any atom is -0.506 e. The Hall–Kier alpha value is -1.75. The summed E-state index contributed by atoms with van der Waals surface area (Å²) >= 11 is 6.35. The van der Waals surface area contributed by atoms with E-state index in [0.29, 0.717) is 11.6 Å². The molecule has 2 rings (SSSR count). The molecular formula is C23H33ClN2O2. The fourth-order valence-electron chi connectivity index (χ4n) is 3.08. The van der Waals surface area contributed by atoms with Crippen molar-refractivity contribution in [1.29, 1.82) is 0 Å². The van der Waals surface area contributed by atoms with Crippen LogP contribution in [0.25, 0.3) is 0 Å². The van der Waals surface area contributed by atoms with E-state index >= 15 is 0 Å². The van der Waals surface area contributed by atoms with Crippen LogP contribution in [0, 0.1) is 0 Å². The number of hydrogen-bond donors (Lipinski definition) is 1. The van der Waals surface area contributed by atoms with E-state index in [-0.39, 0.29) is 11.2 Å². The number of para-hydroxylation sites is 1. The van der Waals surface area contributed by atoms with E-state index in [4.69, 9.17) is 16.3 Å². The van der Waals surface area contributed by atoms with Crippen molar-refractivity contribution < 1.29 is 9.84 Å². The summed E-state index contributed by atoms with van der Waals surface area (Å²) in [5.41, 5.74) is 3.06. The highest BCUT2D eigenvalue weighted by Crippen LogP contribution is 2.35. The fourth-order valence-corrected chi connectivity index (χ4v) is 3.32. The lowest BCUT2D eigenvalue weighted by Crippen LogP contribution is -2.31. The first-order chi connectivity index (χ1) is 13.1. The molecule has 0 fully saturated rings. The predicted octanol–water partition coefficient (Wildman–Crippen LogP) is 4.92. The zero-order chi connectivity index (χ0) is 20.9. The van der Waals surface area contributed by atoms with E-state index in [1.54, 1.807) is 7.11 Å². The molecule has 0 heterocycles. The number of phenols is 1. The molecule has 0 aliphatic rings. The van der Waals surface area contributed by atoms with Crippen molar-refractivity contribution in [1.82, 2.24) is 9.80 Å². The Bertz CT molecular complexity index is 785. The lowest BCUT2D eigenvalue weighted by Gasteiger charge is -2.27. The maximum absolute atomic E-state index is 10.6. The molecule has 5 heteroatoms. The number of phenolic OH excluding ortho intramolecular Hbond substituents is 1. The van der Waals surface area contributed by atoms with Gasteiger partial charge in [0.25, 0.3) is 0 Å². The lowest BCUT2D eigenvalue weighted by molar-refractivity contribution is 0.221. The van der Waals surface area contributed by atoms with E-state index in [0.717, 1.165) is 42.1 Å². The molecule has 28 heavy (non-hydrogen) atoms. The first-order valence-electron chi connectivity index (χ1n) is 9.62.